The first-order chi connectivity index (χ1) is 64.1. The van der Waals surface area contributed by atoms with Gasteiger partial charge in [-0.3, -0.25) is 10.2 Å². The first kappa shape index (κ1) is 148. The highest BCUT2D eigenvalue weighted by atomic mass is 79.9. The lowest BCUT2D eigenvalue weighted by Crippen LogP contribution is -2.23. The Labute approximate surface area is 968 Å². The molecule has 12 aromatic rings. The van der Waals surface area contributed by atoms with Crippen LogP contribution in [0.1, 0.15) is 144 Å². The van der Waals surface area contributed by atoms with Gasteiger partial charge in [0.25, 0.3) is 0 Å². The second-order valence-corrected chi connectivity index (χ2v) is 43.1. The fourth-order valence-electron chi connectivity index (χ4n) is 7.91. The minimum atomic E-state index is -1.13. The normalized spacial score (nSPS) is 9.64. The third kappa shape index (κ3) is 94.8. The molecule has 1 aromatic heterocycles. The molecular weight excluding hydrogens is 2240 g/mol. The van der Waals surface area contributed by atoms with Crippen molar-refractivity contribution in [3.63, 3.8) is 0 Å². The van der Waals surface area contributed by atoms with Gasteiger partial charge in [-0.1, -0.05) is 211 Å². The number of carboxylic acid groups (broad SMARTS) is 1. The van der Waals surface area contributed by atoms with Crippen LogP contribution in [0.5, 0.6) is 0 Å². The molecule has 0 saturated carbocycles. The Hall–Kier alpha value is -1.87. The number of nitrogens with two attached hydrogens (primary N) is 4. The number of aromatic nitrogens is 2. The van der Waals surface area contributed by atoms with E-state index < -0.39 is 5.97 Å². The van der Waals surface area contributed by atoms with Crippen molar-refractivity contribution in [1.29, 1.82) is 0 Å². The van der Waals surface area contributed by atoms with Gasteiger partial charge >= 0.3 is 0 Å². The largest absolute Gasteiger partial charge is 0.549 e. The molecule has 1 heterocycles. The molecule has 14 N–H and O–H groups in total. The number of para-hydroxylation sites is 1. The van der Waals surface area contributed by atoms with Gasteiger partial charge in [-0.2, -0.15) is 139 Å². The number of thiol groups is 22. The van der Waals surface area contributed by atoms with Gasteiger partial charge in [0.1, 0.15) is 0 Å². The fraction of sp³-hybridized carbons (Fsp3) is 0.304. The van der Waals surface area contributed by atoms with E-state index in [1.54, 1.807) is 6.08 Å². The molecule has 12 rings (SSSR count). The minimum absolute atomic E-state index is 0. The molecule has 1 unspecified atom stereocenters. The van der Waals surface area contributed by atoms with Crippen LogP contribution in [0.2, 0.25) is 0 Å². The number of benzene rings is 11. The van der Waals surface area contributed by atoms with Crippen LogP contribution < -0.4 is 34.2 Å². The quantitative estimate of drug-likeness (QED) is 0.0175. The number of hydrogen-bond donors (Lipinski definition) is 29. The number of H-pyrrole nitrogens is 2. The second kappa shape index (κ2) is 97.5. The zero-order valence-electron chi connectivity index (χ0n) is 80.5. The molecule has 762 valence electrons. The van der Waals surface area contributed by atoms with Gasteiger partial charge in [0.2, 0.25) is 0 Å². The monoisotopic (exact) mass is 2380 g/mol. The lowest BCUT2D eigenvalue weighted by Gasteiger charge is -2.19. The average molecular weight is 2390 g/mol. The smallest absolute Gasteiger partial charge is 0.175 e. The number of rotatable bonds is 13. The molecule has 0 aliphatic heterocycles. The lowest BCUT2D eigenvalue weighted by atomic mass is 9.87. The number of halogens is 1. The maximum Gasteiger partial charge on any atom is 0.175 e. The number of quaternary nitrogens is 1. The van der Waals surface area contributed by atoms with Crippen molar-refractivity contribution < 1.29 is 9.90 Å². The third-order valence-corrected chi connectivity index (χ3v) is 25.1. The van der Waals surface area contributed by atoms with Crippen LogP contribution in [-0.4, -0.2) is 62.5 Å². The summed E-state index contributed by atoms with van der Waals surface area (Å²) in [4.78, 5) is 19.8. The zero-order chi connectivity index (χ0) is 105. The summed E-state index contributed by atoms with van der Waals surface area (Å²) < 4.78 is 2.49. The highest BCUT2D eigenvalue weighted by molar-refractivity contribution is 9.10. The van der Waals surface area contributed by atoms with Crippen molar-refractivity contribution in [2.75, 3.05) is 58.3 Å². The summed E-state index contributed by atoms with van der Waals surface area (Å²) in [5.74, 6) is 6.51. The molecule has 0 bridgehead atoms. The van der Waals surface area contributed by atoms with Gasteiger partial charge in [0.15, 0.2) is 7.91 Å². The Kier molecular flexibility index (Phi) is 105. The van der Waals surface area contributed by atoms with E-state index in [9.17, 15) is 9.90 Å². The number of anilines is 3. The summed E-state index contributed by atoms with van der Waals surface area (Å²) in [6, 6.07) is 82.6. The Morgan fingerprint density at radius 1 is 0.431 bits per heavy atom. The van der Waals surface area contributed by atoms with E-state index in [1.807, 2.05) is 188 Å². The van der Waals surface area contributed by atoms with E-state index in [1.165, 1.54) is 93.5 Å². The van der Waals surface area contributed by atoms with Crippen LogP contribution in [0.15, 0.2) is 326 Å². The van der Waals surface area contributed by atoms with Crippen LogP contribution in [0.3, 0.4) is 0 Å². The SMILES string of the molecule is C=CCS.CC(C)(C)c1ccc(S)cc1.CCC(C)S.CCCCS.Cc1cc(CS)c(CS)cc1C.Cc1ccc(C(C)(C)C)cc1S.NCCS.Nc1ccc(S)cc1.Nc1cccc(S)c1.Nc1ccccc1S.O=C([O-])CS.S=c1[nH][nH]c(=S)s1.SCCCCS.SCc1ccc(CS)cc1.Sc1ccc(Br)cc1.Sc1ccc(S)cc1.Sc1ccccc1.Sc1ccccc1S.[NH4+]. The molecule has 0 spiro atoms. The number of nitrogen functional groups attached to an aromatic ring is 3. The maximum atomic E-state index is 9.18. The number of unbranched alkanes of at least 4 members (excludes halogenated alkanes) is 2. The first-order valence-corrected chi connectivity index (χ1v) is 56.4. The van der Waals surface area contributed by atoms with E-state index in [-0.39, 0.29) is 22.7 Å². The first-order valence-electron chi connectivity index (χ1n) is 42.2. The molecule has 11 aromatic carbocycles. The number of carboxylic acids is 1. The highest BCUT2D eigenvalue weighted by Crippen LogP contribution is 2.27. The summed E-state index contributed by atoms with van der Waals surface area (Å²) in [6.45, 7) is 30.1. The zero-order valence-corrected chi connectivity index (χ0v) is 104. The molecule has 0 saturated heterocycles. The number of aliphatic carboxylic acids is 1. The molecule has 137 heavy (non-hydrogen) atoms. The van der Waals surface area contributed by atoms with Gasteiger partial charge in [-0.05, 0) is 300 Å². The fourth-order valence-corrected chi connectivity index (χ4v) is 12.9. The standard InChI is InChI=1S/C11H16S.C10H14S2.C10H14S.C8H10S2.C6H5BrS.3C6H7NS.2C6H6S2.C6H6S.C4H10S2.2C4H10S.C3H6S.C2H2N2S3.C2H7NS.C2H4O2S.H3N/c1-8-5-6-9(7-10(8)12)11(2,3)4;1-7-3-9(5-11)10(6-12)4-8(7)2;1-10(2,3)8-4-6-9(11)7-5-8;9-5-7-1-2-8(6-10)4-3-7;2*7-5-1-3-6(8)4-2-5;7-5-2-1-3-6(8)4-5;7-5-3-1-2-4-6(5)8;7-5-1-2-6(8)4-3-5;7-5-3-1-2-4-6(5)8;7-6-4-2-1-3-5-6;5-3-1-2-4-6;1-3-4(2)5;1-2-3-4-5;1-2-3-4;5-1-3-4-2(6)7-1;3-1-2-4;3-2(4)1-5;/h5-7,12H,1-4H3;3-4,11-12H,5-6H2,1-2H3;4-7,11H,1-3H3;1-4,9-10H,5-6H2;1-4,8H;3*1-4,8H,7H2;2*1-4,7-8H;1-5,7H;5-6H,1-4H2;4-5H,3H2,1-2H3;5H,2-4H2,1H3;2,4H,1,3H2;(H,3,5)(H,4,6);4H,1-3H2;5H,1H2,(H,3,4);1H3. The summed E-state index contributed by atoms with van der Waals surface area (Å²) in [5, 5.41) is 15.1. The number of carbonyl (C=O) groups excluding carboxylic acids is 1. The van der Waals surface area contributed by atoms with E-state index in [0.717, 1.165) is 127 Å². The van der Waals surface area contributed by atoms with Crippen LogP contribution in [-0.2, 0) is 38.6 Å². The summed E-state index contributed by atoms with van der Waals surface area (Å²) in [5.41, 5.74) is 35.7. The molecule has 1 atom stereocenters. The van der Waals surface area contributed by atoms with Crippen LogP contribution in [0.4, 0.5) is 17.1 Å². The van der Waals surface area contributed by atoms with E-state index in [4.69, 9.17) is 47.4 Å². The average Bonchev–Trinajstić information content (AvgIpc) is 1.76. The Morgan fingerprint density at radius 3 is 0.978 bits per heavy atom. The van der Waals surface area contributed by atoms with Crippen LogP contribution >= 0.6 is 330 Å². The van der Waals surface area contributed by atoms with Gasteiger partial charge in [0, 0.05) is 122 Å². The van der Waals surface area contributed by atoms with E-state index in [2.05, 4.69) is 460 Å². The summed E-state index contributed by atoms with van der Waals surface area (Å²) in [6.07, 6.45) is 7.83. The van der Waals surface area contributed by atoms with Gasteiger partial charge < -0.3 is 39.0 Å². The Balaban J connectivity index is -0.000000263. The maximum absolute atomic E-state index is 9.18. The molecule has 35 heteroatoms. The predicted octanol–water partition coefficient (Wildman–Crippen LogP) is 33.4. The topological polar surface area (TPSA) is 212 Å². The number of aromatic amines is 2. The lowest BCUT2D eigenvalue weighted by molar-refractivity contribution is -0.301. The van der Waals surface area contributed by atoms with Gasteiger partial charge in [-0.15, -0.1) is 145 Å². The van der Waals surface area contributed by atoms with E-state index in [0.29, 0.717) is 19.7 Å². The third-order valence-electron chi connectivity index (χ3n) is 15.9. The summed E-state index contributed by atoms with van der Waals surface area (Å²) >= 11 is 104. The number of aryl methyl sites for hydroxylation is 3. The summed E-state index contributed by atoms with van der Waals surface area (Å²) in [7, 11) is 0. The van der Waals surface area contributed by atoms with Gasteiger partial charge in [-0.25, -0.2) is 0 Å². The van der Waals surface area contributed by atoms with Crippen LogP contribution in [0, 0.1) is 28.7 Å². The number of hydrogen-bond acceptors (Lipinski definition) is 31. The van der Waals surface area contributed by atoms with Crippen LogP contribution in [0.25, 0.3) is 0 Å². The van der Waals surface area contributed by atoms with Gasteiger partial charge in [0.05, 0.1) is 5.97 Å². The second-order valence-electron chi connectivity index (χ2n) is 29.7. The van der Waals surface area contributed by atoms with E-state index >= 15 is 0 Å². The van der Waals surface area contributed by atoms with Crippen molar-refractivity contribution in [3.8, 4) is 0 Å². The molecule has 0 radical (unpaired) electrons. The van der Waals surface area contributed by atoms with Crippen molar-refractivity contribution in [2.45, 2.75) is 208 Å². The number of nitrogens with one attached hydrogen (secondary N) is 2. The molecule has 0 fully saturated rings. The molecule has 0 amide bonds. The van der Waals surface area contributed by atoms with Crippen molar-refractivity contribution in [3.05, 3.63) is 330 Å². The highest BCUT2D eigenvalue weighted by Gasteiger charge is 2.14. The predicted molar refractivity (Wildman–Crippen MR) is 695 cm³/mol. The molecule has 0 aliphatic carbocycles. The molecular formula is C102H150BrN7O2S25. The van der Waals surface area contributed by atoms with Crippen molar-refractivity contribution >= 4 is 353 Å². The molecule has 9 nitrogen and oxygen atoms in total. The minimum Gasteiger partial charge on any atom is -0.549 e. The Morgan fingerprint density at radius 2 is 0.759 bits per heavy atom. The molecule has 0 aliphatic rings. The Bertz CT molecular complexity index is 4640. The van der Waals surface area contributed by atoms with Crippen molar-refractivity contribution in [2.24, 2.45) is 5.73 Å². The number of carbonyl (C=O) groups is 1. The van der Waals surface area contributed by atoms with Crippen molar-refractivity contribution in [1.82, 2.24) is 16.3 Å².